The number of rotatable bonds is 6. The van der Waals surface area contributed by atoms with Gasteiger partial charge >= 0.3 is 0 Å². The number of ether oxygens (including phenoxy) is 3. The summed E-state index contributed by atoms with van der Waals surface area (Å²) in [4.78, 5) is 15.4. The molecule has 26 heavy (non-hydrogen) atoms. The number of hydrazone groups is 1. The van der Waals surface area contributed by atoms with Gasteiger partial charge in [0.15, 0.2) is 0 Å². The van der Waals surface area contributed by atoms with Crippen molar-refractivity contribution >= 4 is 23.0 Å². The van der Waals surface area contributed by atoms with E-state index in [9.17, 15) is 4.79 Å². The number of carbonyl (C=O) groups excluding carboxylic acids is 1. The molecule has 2 aromatic carbocycles. The van der Waals surface area contributed by atoms with E-state index in [0.29, 0.717) is 28.5 Å². The number of fused-ring (bicyclic) bond motifs is 1. The molecule has 0 saturated carbocycles. The Kier molecular flexibility index (Phi) is 5.07. The van der Waals surface area contributed by atoms with E-state index in [1.54, 1.807) is 45.6 Å². The summed E-state index contributed by atoms with van der Waals surface area (Å²) in [5.41, 5.74) is 4.38. The molecule has 7 heteroatoms. The Morgan fingerprint density at radius 2 is 1.85 bits per heavy atom. The van der Waals surface area contributed by atoms with Gasteiger partial charge in [0.05, 0.1) is 27.5 Å². The van der Waals surface area contributed by atoms with Crippen LogP contribution in [0.2, 0.25) is 0 Å². The topological polar surface area (TPSA) is 84.9 Å². The van der Waals surface area contributed by atoms with E-state index in [2.05, 4.69) is 15.5 Å². The minimum Gasteiger partial charge on any atom is -0.497 e. The molecule has 0 bridgehead atoms. The fraction of sp³-hybridized carbons (Fsp3) is 0.158. The number of H-pyrrole nitrogens is 1. The molecule has 0 fully saturated rings. The van der Waals surface area contributed by atoms with Gasteiger partial charge in [-0.05, 0) is 36.4 Å². The monoisotopic (exact) mass is 353 g/mol. The van der Waals surface area contributed by atoms with E-state index in [4.69, 9.17) is 14.2 Å². The highest BCUT2D eigenvalue weighted by atomic mass is 16.5. The van der Waals surface area contributed by atoms with Crippen LogP contribution < -0.4 is 19.6 Å². The number of amides is 1. The van der Waals surface area contributed by atoms with Gasteiger partial charge in [0, 0.05) is 16.5 Å². The summed E-state index contributed by atoms with van der Waals surface area (Å²) in [5, 5.41) is 4.84. The van der Waals surface area contributed by atoms with E-state index in [1.807, 2.05) is 18.2 Å². The van der Waals surface area contributed by atoms with Crippen molar-refractivity contribution in [3.05, 3.63) is 53.7 Å². The zero-order valence-electron chi connectivity index (χ0n) is 14.7. The summed E-state index contributed by atoms with van der Waals surface area (Å²) in [5.74, 6) is 1.63. The molecule has 3 rings (SSSR count). The maximum absolute atomic E-state index is 12.3. The SMILES string of the molecule is COc1ccc(OC)c(C=NNC(=O)c2cc3c(OC)cccc3[nH]2)c1. The first kappa shape index (κ1) is 17.3. The molecule has 2 N–H and O–H groups in total. The lowest BCUT2D eigenvalue weighted by molar-refractivity contribution is 0.0951. The van der Waals surface area contributed by atoms with Crippen molar-refractivity contribution in [2.45, 2.75) is 0 Å². The molecule has 0 radical (unpaired) electrons. The lowest BCUT2D eigenvalue weighted by atomic mass is 10.2. The molecule has 1 heterocycles. The van der Waals surface area contributed by atoms with Crippen LogP contribution in [0, 0.1) is 0 Å². The third kappa shape index (κ3) is 3.46. The van der Waals surface area contributed by atoms with E-state index in [1.165, 1.54) is 6.21 Å². The van der Waals surface area contributed by atoms with Crippen molar-refractivity contribution < 1.29 is 19.0 Å². The molecule has 0 aliphatic rings. The minimum atomic E-state index is -0.360. The van der Waals surface area contributed by atoms with Gasteiger partial charge in [-0.2, -0.15) is 5.10 Å². The van der Waals surface area contributed by atoms with Crippen LogP contribution in [0.3, 0.4) is 0 Å². The zero-order chi connectivity index (χ0) is 18.5. The van der Waals surface area contributed by atoms with Crippen molar-refractivity contribution in [3.8, 4) is 17.2 Å². The number of aromatic amines is 1. The normalized spacial score (nSPS) is 10.9. The number of carbonyl (C=O) groups is 1. The number of hydrogen-bond acceptors (Lipinski definition) is 5. The highest BCUT2D eigenvalue weighted by Gasteiger charge is 2.11. The number of benzene rings is 2. The Labute approximate surface area is 150 Å². The van der Waals surface area contributed by atoms with E-state index < -0.39 is 0 Å². The van der Waals surface area contributed by atoms with E-state index in [0.717, 1.165) is 10.9 Å². The molecule has 1 amide bonds. The fourth-order valence-corrected chi connectivity index (χ4v) is 2.59. The Morgan fingerprint density at radius 3 is 2.58 bits per heavy atom. The van der Waals surface area contributed by atoms with Crippen LogP contribution in [0.25, 0.3) is 10.9 Å². The maximum atomic E-state index is 12.3. The van der Waals surface area contributed by atoms with Crippen LogP contribution in [-0.2, 0) is 0 Å². The summed E-state index contributed by atoms with van der Waals surface area (Å²) >= 11 is 0. The Bertz CT molecular complexity index is 963. The molecule has 0 aliphatic heterocycles. The first-order valence-corrected chi connectivity index (χ1v) is 7.87. The first-order chi connectivity index (χ1) is 12.7. The number of nitrogens with zero attached hydrogens (tertiary/aromatic N) is 1. The molecule has 1 aromatic heterocycles. The summed E-state index contributed by atoms with van der Waals surface area (Å²) in [6.45, 7) is 0. The predicted octanol–water partition coefficient (Wildman–Crippen LogP) is 2.96. The third-order valence-electron chi connectivity index (χ3n) is 3.90. The lowest BCUT2D eigenvalue weighted by Gasteiger charge is -2.06. The van der Waals surface area contributed by atoms with Gasteiger partial charge in [-0.3, -0.25) is 4.79 Å². The van der Waals surface area contributed by atoms with Crippen LogP contribution in [-0.4, -0.2) is 38.4 Å². The Balaban J connectivity index is 1.78. The van der Waals surface area contributed by atoms with Crippen LogP contribution in [0.1, 0.15) is 16.1 Å². The van der Waals surface area contributed by atoms with Crippen molar-refractivity contribution in [1.82, 2.24) is 10.4 Å². The highest BCUT2D eigenvalue weighted by molar-refractivity contribution is 6.00. The van der Waals surface area contributed by atoms with Crippen LogP contribution in [0.5, 0.6) is 17.2 Å². The molecular formula is C19H19N3O4. The van der Waals surface area contributed by atoms with Gasteiger partial charge in [-0.1, -0.05) is 6.07 Å². The first-order valence-electron chi connectivity index (χ1n) is 7.87. The van der Waals surface area contributed by atoms with Crippen molar-refractivity contribution in [2.75, 3.05) is 21.3 Å². The second-order valence-corrected chi connectivity index (χ2v) is 5.41. The van der Waals surface area contributed by atoms with Gasteiger partial charge in [0.2, 0.25) is 0 Å². The van der Waals surface area contributed by atoms with E-state index >= 15 is 0 Å². The fourth-order valence-electron chi connectivity index (χ4n) is 2.59. The lowest BCUT2D eigenvalue weighted by Crippen LogP contribution is -2.17. The van der Waals surface area contributed by atoms with Crippen LogP contribution in [0.15, 0.2) is 47.6 Å². The minimum absolute atomic E-state index is 0.360. The molecule has 7 nitrogen and oxygen atoms in total. The van der Waals surface area contributed by atoms with Crippen molar-refractivity contribution in [3.63, 3.8) is 0 Å². The van der Waals surface area contributed by atoms with Crippen molar-refractivity contribution in [2.24, 2.45) is 5.10 Å². The number of nitrogens with one attached hydrogen (secondary N) is 2. The average Bonchev–Trinajstić information content (AvgIpc) is 3.12. The van der Waals surface area contributed by atoms with Gasteiger partial charge in [-0.25, -0.2) is 5.43 Å². The summed E-state index contributed by atoms with van der Waals surface area (Å²) in [7, 11) is 4.73. The molecule has 3 aromatic rings. The zero-order valence-corrected chi connectivity index (χ0v) is 14.7. The second kappa shape index (κ2) is 7.60. The molecule has 0 aliphatic carbocycles. The van der Waals surface area contributed by atoms with Gasteiger partial charge < -0.3 is 19.2 Å². The number of aromatic nitrogens is 1. The second-order valence-electron chi connectivity index (χ2n) is 5.41. The quantitative estimate of drug-likeness (QED) is 0.527. The smallest absolute Gasteiger partial charge is 0.287 e. The summed E-state index contributed by atoms with van der Waals surface area (Å²) in [6.07, 6.45) is 1.50. The van der Waals surface area contributed by atoms with Gasteiger partial charge in [0.1, 0.15) is 22.9 Å². The molecule has 0 spiro atoms. The maximum Gasteiger partial charge on any atom is 0.287 e. The standard InChI is InChI=1S/C19H19N3O4/c1-24-13-7-8-17(25-2)12(9-13)11-20-22-19(23)16-10-14-15(21-16)5-4-6-18(14)26-3/h4-11,21H,1-3H3,(H,22,23). The largest absolute Gasteiger partial charge is 0.497 e. The summed E-state index contributed by atoms with van der Waals surface area (Å²) in [6, 6.07) is 12.6. The Morgan fingerprint density at radius 1 is 1.04 bits per heavy atom. The highest BCUT2D eigenvalue weighted by Crippen LogP contribution is 2.26. The summed E-state index contributed by atoms with van der Waals surface area (Å²) < 4.78 is 15.8. The van der Waals surface area contributed by atoms with E-state index in [-0.39, 0.29) is 5.91 Å². The molecule has 0 atom stereocenters. The van der Waals surface area contributed by atoms with Crippen LogP contribution >= 0.6 is 0 Å². The van der Waals surface area contributed by atoms with Gasteiger partial charge in [0.25, 0.3) is 5.91 Å². The molecule has 134 valence electrons. The molecular weight excluding hydrogens is 334 g/mol. The van der Waals surface area contributed by atoms with Gasteiger partial charge in [-0.15, -0.1) is 0 Å². The molecule has 0 saturated heterocycles. The number of methoxy groups -OCH3 is 3. The average molecular weight is 353 g/mol. The molecule has 0 unspecified atom stereocenters. The Hall–Kier alpha value is -3.48. The number of hydrogen-bond donors (Lipinski definition) is 2. The predicted molar refractivity (Wildman–Crippen MR) is 99.5 cm³/mol. The third-order valence-corrected chi connectivity index (χ3v) is 3.90. The van der Waals surface area contributed by atoms with Crippen LogP contribution in [0.4, 0.5) is 0 Å². The van der Waals surface area contributed by atoms with Crippen molar-refractivity contribution in [1.29, 1.82) is 0 Å².